The van der Waals surface area contributed by atoms with Crippen molar-refractivity contribution in [1.29, 1.82) is 0 Å². The topological polar surface area (TPSA) is 38.3 Å². The number of carbonyl (C=O) groups is 1. The van der Waals surface area contributed by atoms with E-state index in [4.69, 9.17) is 4.74 Å². The van der Waals surface area contributed by atoms with E-state index in [2.05, 4.69) is 5.32 Å². The van der Waals surface area contributed by atoms with Gasteiger partial charge in [0.2, 0.25) is 5.91 Å². The van der Waals surface area contributed by atoms with Gasteiger partial charge in [-0.15, -0.1) is 11.8 Å². The van der Waals surface area contributed by atoms with Gasteiger partial charge in [0.15, 0.2) is 0 Å². The molecule has 0 heterocycles. The molecule has 6 heteroatoms. The van der Waals surface area contributed by atoms with Crippen LogP contribution >= 0.6 is 11.8 Å². The molecule has 0 unspecified atom stereocenters. The standard InChI is InChI=1S/C17H17F2NO2S/c1-12-2-5-14(6-3-12)22-9-8-20-17(21)11-23-16-7-4-13(18)10-15(16)19/h2-7,10H,8-9,11H2,1H3,(H,20,21). The van der Waals surface area contributed by atoms with Gasteiger partial charge in [0.05, 0.1) is 12.3 Å². The summed E-state index contributed by atoms with van der Waals surface area (Å²) < 4.78 is 31.7. The zero-order valence-electron chi connectivity index (χ0n) is 12.6. The molecule has 0 spiro atoms. The highest BCUT2D eigenvalue weighted by Crippen LogP contribution is 2.21. The zero-order valence-corrected chi connectivity index (χ0v) is 13.5. The molecule has 2 aromatic rings. The van der Waals surface area contributed by atoms with Crippen LogP contribution in [0.3, 0.4) is 0 Å². The van der Waals surface area contributed by atoms with Gasteiger partial charge in [0.25, 0.3) is 0 Å². The number of nitrogens with one attached hydrogen (secondary N) is 1. The van der Waals surface area contributed by atoms with Crippen LogP contribution in [0.5, 0.6) is 5.75 Å². The lowest BCUT2D eigenvalue weighted by Crippen LogP contribution is -2.29. The molecule has 2 aromatic carbocycles. The average molecular weight is 337 g/mol. The van der Waals surface area contributed by atoms with Crippen molar-refractivity contribution in [2.45, 2.75) is 11.8 Å². The van der Waals surface area contributed by atoms with E-state index in [0.717, 1.165) is 29.1 Å². The summed E-state index contributed by atoms with van der Waals surface area (Å²) in [4.78, 5) is 11.9. The van der Waals surface area contributed by atoms with E-state index in [0.29, 0.717) is 13.2 Å². The number of aryl methyl sites for hydroxylation is 1. The van der Waals surface area contributed by atoms with Crippen LogP contribution < -0.4 is 10.1 Å². The molecule has 0 bridgehead atoms. The first kappa shape index (κ1) is 17.3. The summed E-state index contributed by atoms with van der Waals surface area (Å²) in [5.74, 6) is -0.721. The van der Waals surface area contributed by atoms with Gasteiger partial charge in [0, 0.05) is 11.0 Å². The Hall–Kier alpha value is -2.08. The van der Waals surface area contributed by atoms with E-state index >= 15 is 0 Å². The highest BCUT2D eigenvalue weighted by Gasteiger charge is 2.07. The highest BCUT2D eigenvalue weighted by molar-refractivity contribution is 8.00. The molecule has 0 radical (unpaired) electrons. The molecule has 0 fully saturated rings. The predicted octanol–water partition coefficient (Wildman–Crippen LogP) is 3.56. The van der Waals surface area contributed by atoms with E-state index in [9.17, 15) is 13.6 Å². The van der Waals surface area contributed by atoms with Crippen molar-refractivity contribution < 1.29 is 18.3 Å². The van der Waals surface area contributed by atoms with E-state index in [1.165, 1.54) is 12.1 Å². The van der Waals surface area contributed by atoms with Gasteiger partial charge in [-0.25, -0.2) is 8.78 Å². The molecular weight excluding hydrogens is 320 g/mol. The monoisotopic (exact) mass is 337 g/mol. The number of carbonyl (C=O) groups excluding carboxylic acids is 1. The number of benzene rings is 2. The number of hydrogen-bond acceptors (Lipinski definition) is 3. The Morgan fingerprint density at radius 3 is 2.61 bits per heavy atom. The number of halogens is 2. The summed E-state index contributed by atoms with van der Waals surface area (Å²) in [5, 5.41) is 2.68. The Labute approximate surface area is 138 Å². The van der Waals surface area contributed by atoms with Crippen LogP contribution in [0.2, 0.25) is 0 Å². The van der Waals surface area contributed by atoms with Gasteiger partial charge < -0.3 is 10.1 Å². The molecule has 1 amide bonds. The number of amides is 1. The molecule has 0 aromatic heterocycles. The van der Waals surface area contributed by atoms with E-state index < -0.39 is 11.6 Å². The molecule has 3 nitrogen and oxygen atoms in total. The van der Waals surface area contributed by atoms with Crippen molar-refractivity contribution in [3.05, 3.63) is 59.7 Å². The van der Waals surface area contributed by atoms with Gasteiger partial charge in [-0.2, -0.15) is 0 Å². The second-order valence-corrected chi connectivity index (χ2v) is 5.89. The fourth-order valence-corrected chi connectivity index (χ4v) is 2.53. The SMILES string of the molecule is Cc1ccc(OCCNC(=O)CSc2ccc(F)cc2F)cc1. The Kier molecular flexibility index (Phi) is 6.40. The van der Waals surface area contributed by atoms with Gasteiger partial charge >= 0.3 is 0 Å². The second kappa shape index (κ2) is 8.53. The maximum atomic E-state index is 13.4. The summed E-state index contributed by atoms with van der Waals surface area (Å²) in [5.41, 5.74) is 1.15. The second-order valence-electron chi connectivity index (χ2n) is 4.87. The molecule has 0 aliphatic carbocycles. The van der Waals surface area contributed by atoms with Gasteiger partial charge in [-0.05, 0) is 31.2 Å². The van der Waals surface area contributed by atoms with Crippen molar-refractivity contribution in [2.75, 3.05) is 18.9 Å². The molecule has 0 atom stereocenters. The number of hydrogen-bond donors (Lipinski definition) is 1. The first-order valence-electron chi connectivity index (χ1n) is 7.08. The molecule has 122 valence electrons. The van der Waals surface area contributed by atoms with E-state index in [1.54, 1.807) is 0 Å². The van der Waals surface area contributed by atoms with Crippen LogP contribution in [0.1, 0.15) is 5.56 Å². The quantitative estimate of drug-likeness (QED) is 0.620. The minimum Gasteiger partial charge on any atom is -0.492 e. The summed E-state index contributed by atoms with van der Waals surface area (Å²) in [6.07, 6.45) is 0. The van der Waals surface area contributed by atoms with Gasteiger partial charge in [-0.1, -0.05) is 17.7 Å². The molecule has 0 saturated heterocycles. The van der Waals surface area contributed by atoms with Gasteiger partial charge in [0.1, 0.15) is 24.0 Å². The lowest BCUT2D eigenvalue weighted by molar-refractivity contribution is -0.118. The van der Waals surface area contributed by atoms with E-state index in [-0.39, 0.29) is 16.6 Å². The average Bonchev–Trinajstić information content (AvgIpc) is 2.52. The summed E-state index contributed by atoms with van der Waals surface area (Å²) >= 11 is 1.03. The molecule has 1 N–H and O–H groups in total. The van der Waals surface area contributed by atoms with Crippen molar-refractivity contribution >= 4 is 17.7 Å². The number of ether oxygens (including phenoxy) is 1. The lowest BCUT2D eigenvalue weighted by Gasteiger charge is -2.08. The van der Waals surface area contributed by atoms with Crippen molar-refractivity contribution in [1.82, 2.24) is 5.32 Å². The highest BCUT2D eigenvalue weighted by atomic mass is 32.2. The summed E-state index contributed by atoms with van der Waals surface area (Å²) in [6.45, 7) is 2.70. The number of thioether (sulfide) groups is 1. The van der Waals surface area contributed by atoms with Crippen LogP contribution in [-0.4, -0.2) is 24.8 Å². The van der Waals surface area contributed by atoms with Crippen LogP contribution in [0, 0.1) is 18.6 Å². The Balaban J connectivity index is 1.66. The van der Waals surface area contributed by atoms with Crippen molar-refractivity contribution in [3.8, 4) is 5.75 Å². The largest absolute Gasteiger partial charge is 0.492 e. The van der Waals surface area contributed by atoms with Gasteiger partial charge in [-0.3, -0.25) is 4.79 Å². The zero-order chi connectivity index (χ0) is 16.7. The molecule has 0 saturated carbocycles. The molecule has 0 aliphatic rings. The lowest BCUT2D eigenvalue weighted by atomic mass is 10.2. The Morgan fingerprint density at radius 1 is 1.17 bits per heavy atom. The number of rotatable bonds is 7. The Bertz CT molecular complexity index is 662. The normalized spacial score (nSPS) is 10.4. The fraction of sp³-hybridized carbons (Fsp3) is 0.235. The van der Waals surface area contributed by atoms with E-state index in [1.807, 2.05) is 31.2 Å². The molecule has 23 heavy (non-hydrogen) atoms. The maximum absolute atomic E-state index is 13.4. The predicted molar refractivity (Wildman–Crippen MR) is 86.8 cm³/mol. The maximum Gasteiger partial charge on any atom is 0.230 e. The van der Waals surface area contributed by atoms with Crippen molar-refractivity contribution in [3.63, 3.8) is 0 Å². The molecular formula is C17H17F2NO2S. The van der Waals surface area contributed by atoms with Crippen LogP contribution in [0.25, 0.3) is 0 Å². The van der Waals surface area contributed by atoms with Crippen molar-refractivity contribution in [2.24, 2.45) is 0 Å². The minimum absolute atomic E-state index is 0.0626. The summed E-state index contributed by atoms with van der Waals surface area (Å²) in [7, 11) is 0. The third-order valence-corrected chi connectivity index (χ3v) is 4.02. The summed E-state index contributed by atoms with van der Waals surface area (Å²) in [6, 6.07) is 10.9. The van der Waals surface area contributed by atoms with Crippen LogP contribution in [0.4, 0.5) is 8.78 Å². The first-order chi connectivity index (χ1) is 11.0. The Morgan fingerprint density at radius 2 is 1.91 bits per heavy atom. The smallest absolute Gasteiger partial charge is 0.230 e. The fourth-order valence-electron chi connectivity index (χ4n) is 1.78. The molecule has 2 rings (SSSR count). The third-order valence-electron chi connectivity index (χ3n) is 2.97. The van der Waals surface area contributed by atoms with Crippen LogP contribution in [-0.2, 0) is 4.79 Å². The minimum atomic E-state index is -0.662. The molecule has 0 aliphatic heterocycles. The van der Waals surface area contributed by atoms with Crippen LogP contribution in [0.15, 0.2) is 47.4 Å². The third kappa shape index (κ3) is 5.90. The first-order valence-corrected chi connectivity index (χ1v) is 8.07.